The number of carbonyl (C=O) groups is 2. The Labute approximate surface area is 113 Å². The Balaban J connectivity index is 2.70. The minimum atomic E-state index is -1.00. The van der Waals surface area contributed by atoms with Gasteiger partial charge in [0, 0.05) is 6.04 Å². The van der Waals surface area contributed by atoms with E-state index in [0.29, 0.717) is 11.5 Å². The average Bonchev–Trinajstić information content (AvgIpc) is 2.37. The molecule has 0 aliphatic carbocycles. The van der Waals surface area contributed by atoms with Crippen LogP contribution < -0.4 is 5.32 Å². The van der Waals surface area contributed by atoms with Gasteiger partial charge in [0.05, 0.1) is 12.0 Å². The molecule has 0 fully saturated rings. The predicted molar refractivity (Wildman–Crippen MR) is 74.2 cm³/mol. The molecule has 0 heterocycles. The molecule has 4 nitrogen and oxygen atoms in total. The van der Waals surface area contributed by atoms with Crippen molar-refractivity contribution >= 4 is 11.9 Å². The van der Waals surface area contributed by atoms with E-state index in [9.17, 15) is 9.59 Å². The molecule has 0 aliphatic rings. The molecule has 0 aliphatic heterocycles. The molecule has 1 amide bonds. The summed E-state index contributed by atoms with van der Waals surface area (Å²) in [6, 6.07) is 6.69. The summed E-state index contributed by atoms with van der Waals surface area (Å²) in [5.74, 6) is -0.737. The minimum absolute atomic E-state index is 0.0921. The normalized spacial score (nSPS) is 13.6. The summed E-state index contributed by atoms with van der Waals surface area (Å²) in [6.07, 6.45) is 1.09. The van der Waals surface area contributed by atoms with Crippen LogP contribution in [-0.2, 0) is 11.2 Å². The van der Waals surface area contributed by atoms with Gasteiger partial charge in [-0.25, -0.2) is 4.79 Å². The molecule has 0 bridgehead atoms. The van der Waals surface area contributed by atoms with Gasteiger partial charge in [0.2, 0.25) is 5.91 Å². The zero-order chi connectivity index (χ0) is 14.4. The first-order valence-electron chi connectivity index (χ1n) is 6.56. The van der Waals surface area contributed by atoms with Crippen LogP contribution in [0.1, 0.15) is 43.1 Å². The predicted octanol–water partition coefficient (Wildman–Crippen LogP) is 2.48. The van der Waals surface area contributed by atoms with E-state index >= 15 is 0 Å². The Bertz CT molecular complexity index is 456. The van der Waals surface area contributed by atoms with Crippen molar-refractivity contribution in [2.24, 2.45) is 5.92 Å². The third kappa shape index (κ3) is 4.39. The quantitative estimate of drug-likeness (QED) is 0.828. The van der Waals surface area contributed by atoms with Gasteiger partial charge in [-0.2, -0.15) is 0 Å². The highest BCUT2D eigenvalue weighted by Crippen LogP contribution is 2.11. The molecule has 0 aromatic heterocycles. The zero-order valence-electron chi connectivity index (χ0n) is 11.6. The Kier molecular flexibility index (Phi) is 5.55. The van der Waals surface area contributed by atoms with Crippen molar-refractivity contribution in [1.29, 1.82) is 0 Å². The highest BCUT2D eigenvalue weighted by atomic mass is 16.4. The van der Waals surface area contributed by atoms with Gasteiger partial charge in [-0.1, -0.05) is 38.5 Å². The first kappa shape index (κ1) is 15.2. The van der Waals surface area contributed by atoms with Crippen LogP contribution in [0.15, 0.2) is 24.3 Å². The van der Waals surface area contributed by atoms with Crippen LogP contribution in [0.5, 0.6) is 0 Å². The van der Waals surface area contributed by atoms with E-state index in [0.717, 1.165) is 6.42 Å². The lowest BCUT2D eigenvalue weighted by Gasteiger charge is -2.20. The molecule has 19 heavy (non-hydrogen) atoms. The fourth-order valence-electron chi connectivity index (χ4n) is 1.86. The van der Waals surface area contributed by atoms with Crippen molar-refractivity contribution < 1.29 is 14.7 Å². The smallest absolute Gasteiger partial charge is 0.335 e. The lowest BCUT2D eigenvalue weighted by molar-refractivity contribution is -0.121. The SMILES string of the molecule is CCC(C)C(C)NC(=O)Cc1ccccc1C(=O)O. The largest absolute Gasteiger partial charge is 0.478 e. The summed E-state index contributed by atoms with van der Waals surface area (Å²) < 4.78 is 0. The number of benzene rings is 1. The van der Waals surface area contributed by atoms with Crippen molar-refractivity contribution in [2.75, 3.05) is 0 Å². The molecule has 2 unspecified atom stereocenters. The fourth-order valence-corrected chi connectivity index (χ4v) is 1.86. The molecule has 4 heteroatoms. The third-order valence-electron chi connectivity index (χ3n) is 3.48. The number of nitrogens with one attached hydrogen (secondary N) is 1. The molecule has 1 rings (SSSR count). The summed E-state index contributed by atoms with van der Waals surface area (Å²) in [5.41, 5.74) is 0.734. The van der Waals surface area contributed by atoms with Gasteiger partial charge in [0.1, 0.15) is 0 Å². The molecule has 1 aromatic carbocycles. The maximum atomic E-state index is 11.9. The summed E-state index contributed by atoms with van der Waals surface area (Å²) >= 11 is 0. The monoisotopic (exact) mass is 263 g/mol. The fraction of sp³-hybridized carbons (Fsp3) is 0.467. The molecule has 0 spiro atoms. The van der Waals surface area contributed by atoms with Gasteiger partial charge in [-0.05, 0) is 24.5 Å². The topological polar surface area (TPSA) is 66.4 Å². The second kappa shape index (κ2) is 6.92. The van der Waals surface area contributed by atoms with Crippen molar-refractivity contribution in [2.45, 2.75) is 39.7 Å². The number of carboxylic acid groups (broad SMARTS) is 1. The highest BCUT2D eigenvalue weighted by molar-refractivity contribution is 5.91. The number of hydrogen-bond donors (Lipinski definition) is 2. The minimum Gasteiger partial charge on any atom is -0.478 e. The van der Waals surface area contributed by atoms with E-state index in [1.807, 2.05) is 6.92 Å². The molecular weight excluding hydrogens is 242 g/mol. The number of hydrogen-bond acceptors (Lipinski definition) is 2. The van der Waals surface area contributed by atoms with Gasteiger partial charge < -0.3 is 10.4 Å². The number of carboxylic acids is 1. The Morgan fingerprint density at radius 3 is 2.47 bits per heavy atom. The van der Waals surface area contributed by atoms with Gasteiger partial charge in [-0.15, -0.1) is 0 Å². The van der Waals surface area contributed by atoms with E-state index in [2.05, 4.69) is 19.2 Å². The standard InChI is InChI=1S/C15H21NO3/c1-4-10(2)11(3)16-14(17)9-12-7-5-6-8-13(12)15(18)19/h5-8,10-11H,4,9H2,1-3H3,(H,16,17)(H,18,19). The summed E-state index contributed by atoms with van der Waals surface area (Å²) in [7, 11) is 0. The van der Waals surface area contributed by atoms with Crippen LogP contribution >= 0.6 is 0 Å². The lowest BCUT2D eigenvalue weighted by atomic mass is 10.00. The van der Waals surface area contributed by atoms with E-state index in [1.54, 1.807) is 18.2 Å². The second-order valence-corrected chi connectivity index (χ2v) is 4.88. The van der Waals surface area contributed by atoms with Crippen LogP contribution in [-0.4, -0.2) is 23.0 Å². The Morgan fingerprint density at radius 1 is 1.26 bits per heavy atom. The first-order valence-corrected chi connectivity index (χ1v) is 6.56. The Hall–Kier alpha value is -1.84. The van der Waals surface area contributed by atoms with Crippen LogP contribution in [0.25, 0.3) is 0 Å². The third-order valence-corrected chi connectivity index (χ3v) is 3.48. The zero-order valence-corrected chi connectivity index (χ0v) is 11.6. The summed E-state index contributed by atoms with van der Waals surface area (Å²) in [5, 5.41) is 12.0. The van der Waals surface area contributed by atoms with E-state index in [4.69, 9.17) is 5.11 Å². The van der Waals surface area contributed by atoms with Crippen molar-refractivity contribution in [3.8, 4) is 0 Å². The molecule has 104 valence electrons. The summed E-state index contributed by atoms with van der Waals surface area (Å²) in [4.78, 5) is 23.0. The highest BCUT2D eigenvalue weighted by Gasteiger charge is 2.16. The number of carbonyl (C=O) groups excluding carboxylic acids is 1. The second-order valence-electron chi connectivity index (χ2n) is 4.88. The van der Waals surface area contributed by atoms with Crippen LogP contribution in [0.2, 0.25) is 0 Å². The van der Waals surface area contributed by atoms with Crippen molar-refractivity contribution in [3.05, 3.63) is 35.4 Å². The number of rotatable bonds is 6. The first-order chi connectivity index (χ1) is 8.95. The maximum Gasteiger partial charge on any atom is 0.335 e. The number of amides is 1. The molecule has 2 N–H and O–H groups in total. The van der Waals surface area contributed by atoms with E-state index in [-0.39, 0.29) is 23.9 Å². The maximum absolute atomic E-state index is 11.9. The van der Waals surface area contributed by atoms with Crippen LogP contribution in [0.3, 0.4) is 0 Å². The number of aromatic carboxylic acids is 1. The van der Waals surface area contributed by atoms with Gasteiger partial charge in [-0.3, -0.25) is 4.79 Å². The van der Waals surface area contributed by atoms with Crippen molar-refractivity contribution in [1.82, 2.24) is 5.32 Å². The van der Waals surface area contributed by atoms with E-state index in [1.165, 1.54) is 6.07 Å². The van der Waals surface area contributed by atoms with Gasteiger partial charge >= 0.3 is 5.97 Å². The molecule has 0 saturated heterocycles. The van der Waals surface area contributed by atoms with E-state index < -0.39 is 5.97 Å². The molecule has 1 aromatic rings. The summed E-state index contributed by atoms with van der Waals surface area (Å²) in [6.45, 7) is 6.12. The van der Waals surface area contributed by atoms with Crippen LogP contribution in [0, 0.1) is 5.92 Å². The lowest BCUT2D eigenvalue weighted by Crippen LogP contribution is -2.38. The molecule has 0 radical (unpaired) electrons. The Morgan fingerprint density at radius 2 is 1.89 bits per heavy atom. The molecular formula is C15H21NO3. The average molecular weight is 263 g/mol. The van der Waals surface area contributed by atoms with Gasteiger partial charge in [0.25, 0.3) is 0 Å². The van der Waals surface area contributed by atoms with Gasteiger partial charge in [0.15, 0.2) is 0 Å². The molecule has 2 atom stereocenters. The molecule has 0 saturated carbocycles. The van der Waals surface area contributed by atoms with Crippen molar-refractivity contribution in [3.63, 3.8) is 0 Å². The van der Waals surface area contributed by atoms with Crippen LogP contribution in [0.4, 0.5) is 0 Å².